The number of halogens is 1. The minimum absolute atomic E-state index is 0. The van der Waals surface area contributed by atoms with Gasteiger partial charge in [0.25, 0.3) is 0 Å². The van der Waals surface area contributed by atoms with E-state index in [2.05, 4.69) is 19.2 Å². The molecule has 4 heteroatoms. The first-order valence-corrected chi connectivity index (χ1v) is 6.10. The molecule has 0 aromatic rings. The fourth-order valence-corrected chi connectivity index (χ4v) is 1.57. The quantitative estimate of drug-likeness (QED) is 0.567. The van der Waals surface area contributed by atoms with Gasteiger partial charge in [-0.2, -0.15) is 0 Å². The lowest BCUT2D eigenvalue weighted by Gasteiger charge is -2.16. The predicted octanol–water partition coefficient (Wildman–Crippen LogP) is 2.94. The Morgan fingerprint density at radius 3 is 2.29 bits per heavy atom. The number of hydrogen-bond acceptors (Lipinski definition) is 3. The van der Waals surface area contributed by atoms with Crippen LogP contribution in [0.2, 0.25) is 0 Å². The molecule has 0 unspecified atom stereocenters. The summed E-state index contributed by atoms with van der Waals surface area (Å²) in [6, 6.07) is 0.249. The van der Waals surface area contributed by atoms with Crippen LogP contribution in [-0.4, -0.2) is 25.7 Å². The van der Waals surface area contributed by atoms with Crippen LogP contribution in [0.5, 0.6) is 0 Å². The Bertz CT molecular complexity index is 240. The number of carbonyl (C=O) groups is 1. The Labute approximate surface area is 111 Å². The maximum absolute atomic E-state index is 11.6. The van der Waals surface area contributed by atoms with Crippen LogP contribution in [0.3, 0.4) is 0 Å². The van der Waals surface area contributed by atoms with Gasteiger partial charge in [0.15, 0.2) is 0 Å². The van der Waals surface area contributed by atoms with Gasteiger partial charge in [-0.15, -0.1) is 12.4 Å². The molecule has 0 fully saturated rings. The second-order valence-corrected chi connectivity index (χ2v) is 4.29. The molecule has 1 N–H and O–H groups in total. The smallest absolute Gasteiger partial charge is 0.333 e. The molecule has 0 aromatic heterocycles. The third kappa shape index (κ3) is 8.22. The molecule has 0 saturated carbocycles. The summed E-state index contributed by atoms with van der Waals surface area (Å²) in [5.74, 6) is 0.419. The normalized spacial score (nSPS) is 13.2. The number of esters is 1. The molecule has 0 aromatic carbocycles. The van der Waals surface area contributed by atoms with Gasteiger partial charge in [0, 0.05) is 11.6 Å². The highest BCUT2D eigenvalue weighted by molar-refractivity contribution is 5.88. The van der Waals surface area contributed by atoms with E-state index in [1.54, 1.807) is 0 Å². The minimum Gasteiger partial charge on any atom is -0.463 e. The number of carbonyl (C=O) groups excluding carboxylic acids is 1. The molecule has 0 aliphatic heterocycles. The van der Waals surface area contributed by atoms with E-state index in [-0.39, 0.29) is 24.4 Å². The Balaban J connectivity index is 0. The molecule has 0 radical (unpaired) electrons. The topological polar surface area (TPSA) is 38.3 Å². The van der Waals surface area contributed by atoms with Crippen LogP contribution < -0.4 is 5.32 Å². The summed E-state index contributed by atoms with van der Waals surface area (Å²) in [6.45, 7) is 8.59. The second-order valence-electron chi connectivity index (χ2n) is 4.29. The van der Waals surface area contributed by atoms with Crippen LogP contribution >= 0.6 is 12.4 Å². The fraction of sp³-hybridized carbons (Fsp3) is 0.769. The third-order valence-electron chi connectivity index (χ3n) is 2.42. The van der Waals surface area contributed by atoms with E-state index >= 15 is 0 Å². The molecule has 1 atom stereocenters. The molecule has 0 bridgehead atoms. The van der Waals surface area contributed by atoms with Gasteiger partial charge < -0.3 is 10.1 Å². The second kappa shape index (κ2) is 10.6. The van der Waals surface area contributed by atoms with Gasteiger partial charge >= 0.3 is 5.97 Å². The van der Waals surface area contributed by atoms with Crippen LogP contribution in [0.1, 0.15) is 40.5 Å². The molecule has 0 saturated heterocycles. The monoisotopic (exact) mass is 263 g/mol. The lowest BCUT2D eigenvalue weighted by molar-refractivity contribution is -0.138. The summed E-state index contributed by atoms with van der Waals surface area (Å²) >= 11 is 0. The SMILES string of the molecule is CCOC(=O)/C(=C/[C@H](CC(C)C)NC)CC.Cl. The van der Waals surface area contributed by atoms with Crippen molar-refractivity contribution in [3.8, 4) is 0 Å². The first-order valence-electron chi connectivity index (χ1n) is 6.10. The van der Waals surface area contributed by atoms with Crippen molar-refractivity contribution >= 4 is 18.4 Å². The van der Waals surface area contributed by atoms with Gasteiger partial charge in [0.05, 0.1) is 6.61 Å². The van der Waals surface area contributed by atoms with Gasteiger partial charge in [0.1, 0.15) is 0 Å². The highest BCUT2D eigenvalue weighted by atomic mass is 35.5. The highest BCUT2D eigenvalue weighted by Crippen LogP contribution is 2.11. The van der Waals surface area contributed by atoms with Crippen molar-refractivity contribution in [2.75, 3.05) is 13.7 Å². The van der Waals surface area contributed by atoms with Crippen molar-refractivity contribution in [1.29, 1.82) is 0 Å². The molecular weight excluding hydrogens is 238 g/mol. The van der Waals surface area contributed by atoms with Gasteiger partial charge in [-0.3, -0.25) is 0 Å². The summed E-state index contributed by atoms with van der Waals surface area (Å²) in [5.41, 5.74) is 0.766. The Kier molecular flexibility index (Phi) is 11.7. The summed E-state index contributed by atoms with van der Waals surface area (Å²) in [6.07, 6.45) is 3.74. The maximum Gasteiger partial charge on any atom is 0.333 e. The molecule has 0 heterocycles. The Morgan fingerprint density at radius 2 is 1.94 bits per heavy atom. The van der Waals surface area contributed by atoms with Crippen LogP contribution in [0.15, 0.2) is 11.6 Å². The van der Waals surface area contributed by atoms with E-state index in [1.807, 2.05) is 27.0 Å². The molecule has 0 aliphatic rings. The molecule has 0 aliphatic carbocycles. The number of likely N-dealkylation sites (N-methyl/N-ethyl adjacent to an activating group) is 1. The molecular formula is C13H26ClNO2. The fourth-order valence-electron chi connectivity index (χ4n) is 1.57. The molecule has 0 spiro atoms. The van der Waals surface area contributed by atoms with E-state index in [0.717, 1.165) is 18.4 Å². The van der Waals surface area contributed by atoms with Crippen molar-refractivity contribution in [3.63, 3.8) is 0 Å². The van der Waals surface area contributed by atoms with E-state index < -0.39 is 0 Å². The Morgan fingerprint density at radius 1 is 1.35 bits per heavy atom. The number of ether oxygens (including phenoxy) is 1. The molecule has 0 amide bonds. The van der Waals surface area contributed by atoms with Crippen molar-refractivity contribution < 1.29 is 9.53 Å². The summed E-state index contributed by atoms with van der Waals surface area (Å²) < 4.78 is 5.01. The average Bonchev–Trinajstić information content (AvgIpc) is 2.23. The number of rotatable bonds is 7. The van der Waals surface area contributed by atoms with E-state index in [9.17, 15) is 4.79 Å². The summed E-state index contributed by atoms with van der Waals surface area (Å²) in [5, 5.41) is 3.21. The Hall–Kier alpha value is -0.540. The van der Waals surface area contributed by atoms with Gasteiger partial charge in [-0.25, -0.2) is 4.79 Å². The van der Waals surface area contributed by atoms with Gasteiger partial charge in [-0.1, -0.05) is 26.8 Å². The van der Waals surface area contributed by atoms with Gasteiger partial charge in [0.2, 0.25) is 0 Å². The minimum atomic E-state index is -0.186. The average molecular weight is 264 g/mol. The summed E-state index contributed by atoms with van der Waals surface area (Å²) in [7, 11) is 1.92. The van der Waals surface area contributed by atoms with Gasteiger partial charge in [-0.05, 0) is 32.7 Å². The molecule has 0 rings (SSSR count). The zero-order valence-electron chi connectivity index (χ0n) is 11.6. The molecule has 3 nitrogen and oxygen atoms in total. The first kappa shape index (κ1) is 18.8. The lowest BCUT2D eigenvalue weighted by atomic mass is 10.0. The molecule has 17 heavy (non-hydrogen) atoms. The zero-order chi connectivity index (χ0) is 12.6. The summed E-state index contributed by atoms with van der Waals surface area (Å²) in [4.78, 5) is 11.6. The van der Waals surface area contributed by atoms with Crippen molar-refractivity contribution in [3.05, 3.63) is 11.6 Å². The van der Waals surface area contributed by atoms with Crippen LogP contribution in [-0.2, 0) is 9.53 Å². The number of hydrogen-bond donors (Lipinski definition) is 1. The van der Waals surface area contributed by atoms with Crippen LogP contribution in [0, 0.1) is 5.92 Å². The van der Waals surface area contributed by atoms with Crippen molar-refractivity contribution in [2.45, 2.75) is 46.6 Å². The lowest BCUT2D eigenvalue weighted by Crippen LogP contribution is -2.26. The van der Waals surface area contributed by atoms with E-state index in [4.69, 9.17) is 4.74 Å². The largest absolute Gasteiger partial charge is 0.463 e. The van der Waals surface area contributed by atoms with E-state index in [0.29, 0.717) is 12.5 Å². The first-order chi connectivity index (χ1) is 7.54. The van der Waals surface area contributed by atoms with E-state index in [1.165, 1.54) is 0 Å². The zero-order valence-corrected chi connectivity index (χ0v) is 12.4. The third-order valence-corrected chi connectivity index (χ3v) is 2.42. The highest BCUT2D eigenvalue weighted by Gasteiger charge is 2.12. The van der Waals surface area contributed by atoms with Crippen LogP contribution in [0.4, 0.5) is 0 Å². The van der Waals surface area contributed by atoms with Crippen molar-refractivity contribution in [2.24, 2.45) is 5.92 Å². The van der Waals surface area contributed by atoms with Crippen molar-refractivity contribution in [1.82, 2.24) is 5.32 Å². The number of nitrogens with one attached hydrogen (secondary N) is 1. The molecule has 102 valence electrons. The van der Waals surface area contributed by atoms with Crippen LogP contribution in [0.25, 0.3) is 0 Å². The predicted molar refractivity (Wildman–Crippen MR) is 74.6 cm³/mol. The standard InChI is InChI=1S/C13H25NO2.ClH/c1-6-11(13(15)16-7-2)9-12(14-5)8-10(3)4;/h9-10,12,14H,6-8H2,1-5H3;1H/b11-9+;/t12-;/m0./s1. The maximum atomic E-state index is 11.6.